The third-order valence-corrected chi connectivity index (χ3v) is 3.35. The Morgan fingerprint density at radius 3 is 1.50 bits per heavy atom. The van der Waals surface area contributed by atoms with Gasteiger partial charge in [-0.25, -0.2) is 0 Å². The third-order valence-electron chi connectivity index (χ3n) is 3.35. The van der Waals surface area contributed by atoms with Crippen molar-refractivity contribution in [3.63, 3.8) is 0 Å². The molecule has 2 aliphatic rings. The van der Waals surface area contributed by atoms with E-state index in [1.807, 2.05) is 0 Å². The summed E-state index contributed by atoms with van der Waals surface area (Å²) in [4.78, 5) is 24.6. The molecule has 0 aromatic rings. The monoisotopic (exact) mass is 298 g/mol. The Labute approximate surface area is 129 Å². The van der Waals surface area contributed by atoms with Crippen molar-refractivity contribution >= 4 is 11.6 Å². The molecule has 0 heterocycles. The zero-order valence-corrected chi connectivity index (χ0v) is 12.5. The molecule has 2 atom stereocenters. The number of hydrogen-bond donors (Lipinski definition) is 2. The zero-order valence-electron chi connectivity index (χ0n) is 12.5. The molecule has 0 amide bonds. The Hall–Kier alpha value is -2.30. The topological polar surface area (TPSA) is 74.6 Å². The van der Waals surface area contributed by atoms with Crippen molar-refractivity contribution in [3.05, 3.63) is 71.9 Å². The van der Waals surface area contributed by atoms with Crippen LogP contribution in [0.2, 0.25) is 0 Å². The van der Waals surface area contributed by atoms with Crippen molar-refractivity contribution in [1.29, 1.82) is 0 Å². The van der Waals surface area contributed by atoms with Gasteiger partial charge in [-0.2, -0.15) is 0 Å². The Morgan fingerprint density at radius 1 is 0.773 bits per heavy atom. The lowest BCUT2D eigenvalue weighted by Crippen LogP contribution is -2.19. The second-order valence-corrected chi connectivity index (χ2v) is 5.74. The van der Waals surface area contributed by atoms with Crippen LogP contribution in [0, 0.1) is 0 Å². The number of carbonyl (C=O) groups excluding carboxylic acids is 2. The van der Waals surface area contributed by atoms with Gasteiger partial charge >= 0.3 is 0 Å². The first-order valence-corrected chi connectivity index (χ1v) is 6.91. The fourth-order valence-corrected chi connectivity index (χ4v) is 2.00. The minimum atomic E-state index is -1.15. The van der Waals surface area contributed by atoms with Crippen LogP contribution in [0.25, 0.3) is 0 Å². The number of Topliss-reactive ketones (excluding diaryl/α,β-unsaturated/α-hetero) is 2. The van der Waals surface area contributed by atoms with Crippen molar-refractivity contribution in [1.82, 2.24) is 0 Å². The molecule has 4 heteroatoms. The number of rotatable bonds is 3. The summed E-state index contributed by atoms with van der Waals surface area (Å²) in [5.74, 6) is -1.33. The number of aliphatic hydroxyl groups is 2. The van der Waals surface area contributed by atoms with Crippen LogP contribution in [0.15, 0.2) is 71.9 Å². The van der Waals surface area contributed by atoms with Gasteiger partial charge in [0, 0.05) is 11.1 Å². The summed E-state index contributed by atoms with van der Waals surface area (Å²) < 4.78 is 0. The number of carbonyl (C=O) groups is 2. The summed E-state index contributed by atoms with van der Waals surface area (Å²) in [5.41, 5.74) is -1.89. The van der Waals surface area contributed by atoms with E-state index in [1.165, 1.54) is 48.6 Å². The van der Waals surface area contributed by atoms with Gasteiger partial charge in [0.05, 0.1) is 11.2 Å². The molecular formula is C18H18O4. The number of hydrogen-bond acceptors (Lipinski definition) is 4. The van der Waals surface area contributed by atoms with Crippen LogP contribution >= 0.6 is 0 Å². The summed E-state index contributed by atoms with van der Waals surface area (Å²) in [6.45, 7) is 3.15. The largest absolute Gasteiger partial charge is 0.382 e. The van der Waals surface area contributed by atoms with Gasteiger partial charge in [-0.15, -0.1) is 0 Å². The predicted molar refractivity (Wildman–Crippen MR) is 84.0 cm³/mol. The van der Waals surface area contributed by atoms with E-state index >= 15 is 0 Å². The van der Waals surface area contributed by atoms with Gasteiger partial charge in [-0.05, 0) is 38.2 Å². The molecule has 114 valence electrons. The van der Waals surface area contributed by atoms with Gasteiger partial charge in [0.1, 0.15) is 0 Å². The molecule has 4 nitrogen and oxygen atoms in total. The van der Waals surface area contributed by atoms with Crippen molar-refractivity contribution in [3.8, 4) is 0 Å². The molecule has 2 unspecified atom stereocenters. The average Bonchev–Trinajstić information content (AvgIpc) is 2.72. The van der Waals surface area contributed by atoms with Crippen molar-refractivity contribution in [2.45, 2.75) is 25.0 Å². The van der Waals surface area contributed by atoms with E-state index in [0.29, 0.717) is 0 Å². The van der Waals surface area contributed by atoms with Gasteiger partial charge in [-0.1, -0.05) is 36.5 Å². The molecule has 0 fully saturated rings. The highest BCUT2D eigenvalue weighted by atomic mass is 16.3. The Bertz CT molecular complexity index is 620. The average molecular weight is 298 g/mol. The first-order chi connectivity index (χ1) is 10.2. The minimum absolute atomic E-state index is 0.202. The summed E-state index contributed by atoms with van der Waals surface area (Å²) in [6.07, 6.45) is 14.9. The van der Waals surface area contributed by atoms with Crippen molar-refractivity contribution in [2.75, 3.05) is 0 Å². The van der Waals surface area contributed by atoms with Crippen molar-refractivity contribution in [2.24, 2.45) is 0 Å². The highest BCUT2D eigenvalue weighted by Gasteiger charge is 2.23. The Balaban J connectivity index is 2.23. The van der Waals surface area contributed by atoms with E-state index in [2.05, 4.69) is 0 Å². The Kier molecular flexibility index (Phi) is 4.26. The zero-order chi connectivity index (χ0) is 16.4. The normalized spacial score (nSPS) is 30.4. The molecule has 0 aliphatic heterocycles. The van der Waals surface area contributed by atoms with Crippen LogP contribution in [0.3, 0.4) is 0 Å². The first kappa shape index (κ1) is 16.1. The van der Waals surface area contributed by atoms with Gasteiger partial charge in [0.15, 0.2) is 0 Å². The highest BCUT2D eigenvalue weighted by molar-refractivity contribution is 6.50. The highest BCUT2D eigenvalue weighted by Crippen LogP contribution is 2.18. The van der Waals surface area contributed by atoms with Crippen LogP contribution in [-0.2, 0) is 9.59 Å². The standard InChI is InChI=1S/C18H18O4/c1-17(21)9-3-5-13(7-11-17)15(19)16(20)14-6-4-10-18(2,22)12-8-14/h3-12,21-22H,1-2H3. The molecule has 0 bridgehead atoms. The smallest absolute Gasteiger partial charge is 0.233 e. The van der Waals surface area contributed by atoms with E-state index < -0.39 is 22.8 Å². The molecule has 0 aromatic heterocycles. The van der Waals surface area contributed by atoms with Crippen LogP contribution in [0.4, 0.5) is 0 Å². The Morgan fingerprint density at radius 2 is 1.14 bits per heavy atom. The van der Waals surface area contributed by atoms with Gasteiger partial charge in [0.2, 0.25) is 11.6 Å². The molecule has 0 radical (unpaired) electrons. The quantitative estimate of drug-likeness (QED) is 0.778. The maximum absolute atomic E-state index is 12.3. The minimum Gasteiger partial charge on any atom is -0.382 e. The van der Waals surface area contributed by atoms with Crippen LogP contribution in [-0.4, -0.2) is 33.0 Å². The first-order valence-electron chi connectivity index (χ1n) is 6.91. The third kappa shape index (κ3) is 3.87. The second-order valence-electron chi connectivity index (χ2n) is 5.74. The predicted octanol–water partition coefficient (Wildman–Crippen LogP) is 1.73. The molecule has 0 saturated carbocycles. The lowest BCUT2D eigenvalue weighted by molar-refractivity contribution is -0.131. The summed E-state index contributed by atoms with van der Waals surface area (Å²) >= 11 is 0. The molecule has 22 heavy (non-hydrogen) atoms. The molecule has 0 spiro atoms. The molecule has 2 N–H and O–H groups in total. The fourth-order valence-electron chi connectivity index (χ4n) is 2.00. The molecular weight excluding hydrogens is 280 g/mol. The maximum Gasteiger partial charge on any atom is 0.233 e. The van der Waals surface area contributed by atoms with Crippen LogP contribution in [0.1, 0.15) is 13.8 Å². The summed E-state index contributed by atoms with van der Waals surface area (Å²) in [6, 6.07) is 0. The number of ketones is 2. The maximum atomic E-state index is 12.3. The van der Waals surface area contributed by atoms with E-state index in [1.54, 1.807) is 26.0 Å². The molecule has 2 rings (SSSR count). The lowest BCUT2D eigenvalue weighted by Gasteiger charge is -2.11. The van der Waals surface area contributed by atoms with E-state index in [0.717, 1.165) is 0 Å². The van der Waals surface area contributed by atoms with Crippen LogP contribution < -0.4 is 0 Å². The summed E-state index contributed by atoms with van der Waals surface area (Å²) in [5, 5.41) is 19.7. The molecule has 0 saturated heterocycles. The SMILES string of the molecule is CC1(O)C=CC=C(C(=O)C(=O)C2=CC=CC(C)(O)C=C2)C=C1. The molecule has 0 aromatic carbocycles. The molecule has 2 aliphatic carbocycles. The van der Waals surface area contributed by atoms with Gasteiger partial charge in [-0.3, -0.25) is 9.59 Å². The lowest BCUT2D eigenvalue weighted by atomic mass is 9.99. The fraction of sp³-hybridized carbons (Fsp3) is 0.222. The van der Waals surface area contributed by atoms with Crippen molar-refractivity contribution < 1.29 is 19.8 Å². The van der Waals surface area contributed by atoms with E-state index in [-0.39, 0.29) is 11.1 Å². The van der Waals surface area contributed by atoms with Gasteiger partial charge in [0.25, 0.3) is 0 Å². The summed E-state index contributed by atoms with van der Waals surface area (Å²) in [7, 11) is 0. The van der Waals surface area contributed by atoms with Gasteiger partial charge < -0.3 is 10.2 Å². The van der Waals surface area contributed by atoms with E-state index in [9.17, 15) is 19.8 Å². The van der Waals surface area contributed by atoms with E-state index in [4.69, 9.17) is 0 Å². The number of allylic oxidation sites excluding steroid dienone is 8. The van der Waals surface area contributed by atoms with Crippen LogP contribution in [0.5, 0.6) is 0 Å². The second kappa shape index (κ2) is 5.83.